The number of likely N-dealkylation sites (tertiary alicyclic amines) is 1. The van der Waals surface area contributed by atoms with Gasteiger partial charge in [-0.15, -0.1) is 0 Å². The van der Waals surface area contributed by atoms with E-state index >= 15 is 0 Å². The second-order valence-corrected chi connectivity index (χ2v) is 5.95. The number of hydrogen-bond acceptors (Lipinski definition) is 3. The molecule has 6 heteroatoms. The molecule has 2 amide bonds. The minimum absolute atomic E-state index is 0.0379. The van der Waals surface area contributed by atoms with Crippen LogP contribution in [0.4, 0.5) is 0 Å². The smallest absolute Gasteiger partial charge is 0.267 e. The SMILES string of the molecule is Cc1cc[nH]c1C(=O)NC[C@@H]1CC(=O)N(C)[C@H]1c1cccnc1. The van der Waals surface area contributed by atoms with Crippen LogP contribution in [0.15, 0.2) is 36.8 Å². The monoisotopic (exact) mass is 312 g/mol. The first-order chi connectivity index (χ1) is 11.1. The Morgan fingerprint density at radius 2 is 2.30 bits per heavy atom. The van der Waals surface area contributed by atoms with Gasteiger partial charge in [-0.1, -0.05) is 6.07 Å². The molecule has 1 saturated heterocycles. The summed E-state index contributed by atoms with van der Waals surface area (Å²) in [6.07, 6.45) is 5.67. The van der Waals surface area contributed by atoms with Gasteiger partial charge in [0.25, 0.3) is 5.91 Å². The lowest BCUT2D eigenvalue weighted by Gasteiger charge is -2.25. The Hall–Kier alpha value is -2.63. The maximum Gasteiger partial charge on any atom is 0.267 e. The van der Waals surface area contributed by atoms with E-state index in [2.05, 4.69) is 15.3 Å². The molecule has 0 unspecified atom stereocenters. The lowest BCUT2D eigenvalue weighted by Crippen LogP contribution is -2.33. The summed E-state index contributed by atoms with van der Waals surface area (Å²) >= 11 is 0. The number of aromatic amines is 1. The van der Waals surface area contributed by atoms with Gasteiger partial charge < -0.3 is 15.2 Å². The molecule has 1 fully saturated rings. The molecular formula is C17H20N4O2. The van der Waals surface area contributed by atoms with Crippen molar-refractivity contribution in [2.75, 3.05) is 13.6 Å². The fourth-order valence-corrected chi connectivity index (χ4v) is 3.19. The molecule has 0 spiro atoms. The van der Waals surface area contributed by atoms with E-state index in [0.29, 0.717) is 18.7 Å². The van der Waals surface area contributed by atoms with Crippen LogP contribution in [0.3, 0.4) is 0 Å². The zero-order chi connectivity index (χ0) is 16.4. The lowest BCUT2D eigenvalue weighted by atomic mass is 9.94. The Bertz CT molecular complexity index is 710. The third-order valence-electron chi connectivity index (χ3n) is 4.43. The number of aromatic nitrogens is 2. The normalized spacial score (nSPS) is 20.8. The first kappa shape index (κ1) is 15.3. The van der Waals surface area contributed by atoms with E-state index in [4.69, 9.17) is 0 Å². The number of H-pyrrole nitrogens is 1. The first-order valence-corrected chi connectivity index (χ1v) is 7.65. The number of hydrogen-bond donors (Lipinski definition) is 2. The summed E-state index contributed by atoms with van der Waals surface area (Å²) in [6, 6.07) is 5.64. The topological polar surface area (TPSA) is 78.1 Å². The van der Waals surface area contributed by atoms with Crippen LogP contribution in [0.2, 0.25) is 0 Å². The van der Waals surface area contributed by atoms with Crippen LogP contribution in [0.1, 0.15) is 34.1 Å². The fraction of sp³-hybridized carbons (Fsp3) is 0.353. The van der Waals surface area contributed by atoms with Crippen LogP contribution < -0.4 is 5.32 Å². The highest BCUT2D eigenvalue weighted by atomic mass is 16.2. The quantitative estimate of drug-likeness (QED) is 0.901. The Labute approximate surface area is 134 Å². The molecule has 0 aliphatic carbocycles. The largest absolute Gasteiger partial charge is 0.357 e. The van der Waals surface area contributed by atoms with Gasteiger partial charge >= 0.3 is 0 Å². The molecule has 2 N–H and O–H groups in total. The van der Waals surface area contributed by atoms with E-state index in [-0.39, 0.29) is 23.8 Å². The molecule has 3 heterocycles. The van der Waals surface area contributed by atoms with Crippen LogP contribution >= 0.6 is 0 Å². The molecule has 2 aromatic rings. The van der Waals surface area contributed by atoms with Crippen molar-refractivity contribution in [3.8, 4) is 0 Å². The van der Waals surface area contributed by atoms with Gasteiger partial charge in [0.2, 0.25) is 5.91 Å². The highest BCUT2D eigenvalue weighted by molar-refractivity contribution is 5.93. The number of carbonyl (C=O) groups is 2. The molecule has 2 atom stereocenters. The van der Waals surface area contributed by atoms with Crippen LogP contribution in [-0.4, -0.2) is 40.3 Å². The second kappa shape index (κ2) is 6.24. The van der Waals surface area contributed by atoms with Crippen LogP contribution in [-0.2, 0) is 4.79 Å². The fourth-order valence-electron chi connectivity index (χ4n) is 3.19. The summed E-state index contributed by atoms with van der Waals surface area (Å²) in [5.41, 5.74) is 2.47. The van der Waals surface area contributed by atoms with E-state index in [1.54, 1.807) is 30.5 Å². The van der Waals surface area contributed by atoms with E-state index in [9.17, 15) is 9.59 Å². The maximum atomic E-state index is 12.2. The van der Waals surface area contributed by atoms with Crippen molar-refractivity contribution in [1.82, 2.24) is 20.2 Å². The van der Waals surface area contributed by atoms with Crippen LogP contribution in [0, 0.1) is 12.8 Å². The molecule has 1 aliphatic heterocycles. The van der Waals surface area contributed by atoms with Gasteiger partial charge in [-0.05, 0) is 30.2 Å². The Balaban J connectivity index is 1.72. The number of rotatable bonds is 4. The highest BCUT2D eigenvalue weighted by Gasteiger charge is 2.38. The van der Waals surface area contributed by atoms with Gasteiger partial charge in [0.05, 0.1) is 6.04 Å². The van der Waals surface area contributed by atoms with Crippen LogP contribution in [0.5, 0.6) is 0 Å². The number of amides is 2. The molecule has 0 saturated carbocycles. The van der Waals surface area contributed by atoms with Gasteiger partial charge in [-0.25, -0.2) is 0 Å². The van der Waals surface area contributed by atoms with Gasteiger partial charge in [0, 0.05) is 44.5 Å². The Kier molecular flexibility index (Phi) is 4.14. The van der Waals surface area contributed by atoms with Crippen molar-refractivity contribution < 1.29 is 9.59 Å². The third-order valence-corrected chi connectivity index (χ3v) is 4.43. The third kappa shape index (κ3) is 2.97. The summed E-state index contributed by atoms with van der Waals surface area (Å²) in [5.74, 6) is -0.00971. The first-order valence-electron chi connectivity index (χ1n) is 7.65. The van der Waals surface area contributed by atoms with Gasteiger partial charge in [-0.3, -0.25) is 14.6 Å². The number of nitrogens with one attached hydrogen (secondary N) is 2. The second-order valence-electron chi connectivity index (χ2n) is 5.95. The molecule has 3 rings (SSSR count). The zero-order valence-corrected chi connectivity index (χ0v) is 13.2. The van der Waals surface area contributed by atoms with E-state index < -0.39 is 0 Å². The number of pyridine rings is 1. The van der Waals surface area contributed by atoms with Crippen molar-refractivity contribution in [3.05, 3.63) is 53.6 Å². The zero-order valence-electron chi connectivity index (χ0n) is 13.2. The molecule has 120 valence electrons. The molecular weight excluding hydrogens is 292 g/mol. The van der Waals surface area contributed by atoms with E-state index in [1.165, 1.54) is 0 Å². The Morgan fingerprint density at radius 1 is 1.48 bits per heavy atom. The average Bonchev–Trinajstić information content (AvgIpc) is 3.10. The number of aryl methyl sites for hydroxylation is 1. The average molecular weight is 312 g/mol. The van der Waals surface area contributed by atoms with Crippen molar-refractivity contribution in [2.24, 2.45) is 5.92 Å². The van der Waals surface area contributed by atoms with Crippen molar-refractivity contribution in [1.29, 1.82) is 0 Å². The summed E-state index contributed by atoms with van der Waals surface area (Å²) in [5, 5.41) is 2.94. The molecule has 1 aliphatic rings. The molecule has 2 aromatic heterocycles. The number of carbonyl (C=O) groups excluding carboxylic acids is 2. The van der Waals surface area contributed by atoms with Gasteiger partial charge in [0.1, 0.15) is 5.69 Å². The van der Waals surface area contributed by atoms with Crippen molar-refractivity contribution in [3.63, 3.8) is 0 Å². The van der Waals surface area contributed by atoms with Gasteiger partial charge in [-0.2, -0.15) is 0 Å². The minimum Gasteiger partial charge on any atom is -0.357 e. The molecule has 0 radical (unpaired) electrons. The predicted molar refractivity (Wildman–Crippen MR) is 85.7 cm³/mol. The molecule has 0 bridgehead atoms. The van der Waals surface area contributed by atoms with Crippen molar-refractivity contribution >= 4 is 11.8 Å². The predicted octanol–water partition coefficient (Wildman–Crippen LogP) is 1.67. The summed E-state index contributed by atoms with van der Waals surface area (Å²) in [6.45, 7) is 2.34. The number of nitrogens with zero attached hydrogens (tertiary/aromatic N) is 2. The molecule has 0 aromatic carbocycles. The summed E-state index contributed by atoms with van der Waals surface area (Å²) in [7, 11) is 1.80. The molecule has 23 heavy (non-hydrogen) atoms. The molecule has 6 nitrogen and oxygen atoms in total. The summed E-state index contributed by atoms with van der Waals surface area (Å²) < 4.78 is 0. The lowest BCUT2D eigenvalue weighted by molar-refractivity contribution is -0.127. The van der Waals surface area contributed by atoms with E-state index in [0.717, 1.165) is 11.1 Å². The maximum absolute atomic E-state index is 12.2. The highest BCUT2D eigenvalue weighted by Crippen LogP contribution is 2.36. The standard InChI is InChI=1S/C17H20N4O2/c1-11-5-7-19-15(11)17(23)20-10-13-8-14(22)21(2)16(13)12-4-3-6-18-9-12/h3-7,9,13,16,19H,8,10H2,1-2H3,(H,20,23)/t13-,16-/m0/s1. The van der Waals surface area contributed by atoms with Gasteiger partial charge in [0.15, 0.2) is 0 Å². The van der Waals surface area contributed by atoms with E-state index in [1.807, 2.05) is 25.1 Å². The Morgan fingerprint density at radius 3 is 2.96 bits per heavy atom. The van der Waals surface area contributed by atoms with Crippen molar-refractivity contribution in [2.45, 2.75) is 19.4 Å². The van der Waals surface area contributed by atoms with Crippen LogP contribution in [0.25, 0.3) is 0 Å². The summed E-state index contributed by atoms with van der Waals surface area (Å²) in [4.78, 5) is 33.1. The minimum atomic E-state index is -0.139.